The smallest absolute Gasteiger partial charge is 0.311 e. The number of carbonyl (C=O) groups is 3. The van der Waals surface area contributed by atoms with Crippen molar-refractivity contribution in [3.05, 3.63) is 31.7 Å². The van der Waals surface area contributed by atoms with E-state index in [2.05, 4.69) is 19.9 Å². The number of rotatable bonds is 7. The Hall–Kier alpha value is -4.57. The summed E-state index contributed by atoms with van der Waals surface area (Å²) in [4.78, 5) is 73.5. The first kappa shape index (κ1) is 33.8. The van der Waals surface area contributed by atoms with Crippen LogP contribution < -0.4 is 21.2 Å². The third-order valence-corrected chi connectivity index (χ3v) is 8.62. The number of aliphatic hydroxyl groups excluding tert-OH is 1. The van der Waals surface area contributed by atoms with E-state index in [4.69, 9.17) is 35.2 Å². The number of ether oxygens (including phenoxy) is 5. The Balaban J connectivity index is 0.000000186. The zero-order valence-corrected chi connectivity index (χ0v) is 26.8. The lowest BCUT2D eigenvalue weighted by Gasteiger charge is -2.19. The van der Waals surface area contributed by atoms with Gasteiger partial charge in [-0.25, -0.2) is 9.97 Å². The summed E-state index contributed by atoms with van der Waals surface area (Å²) in [7, 11) is 0. The van der Waals surface area contributed by atoms with Gasteiger partial charge in [0, 0.05) is 33.6 Å². The van der Waals surface area contributed by atoms with Gasteiger partial charge < -0.3 is 40.3 Å². The lowest BCUT2D eigenvalue weighted by atomic mass is 10.2. The average molecular weight is 695 g/mol. The highest BCUT2D eigenvalue weighted by atomic mass is 32.1. The largest absolute Gasteiger partial charge is 0.463 e. The van der Waals surface area contributed by atoms with Gasteiger partial charge in [0.2, 0.25) is 11.9 Å². The number of anilines is 2. The molecule has 0 bridgehead atoms. The van der Waals surface area contributed by atoms with Crippen molar-refractivity contribution in [2.45, 2.75) is 70.5 Å². The summed E-state index contributed by atoms with van der Waals surface area (Å²) in [5.41, 5.74) is 11.8. The molecule has 0 amide bonds. The van der Waals surface area contributed by atoms with Crippen molar-refractivity contribution in [2.75, 3.05) is 24.7 Å². The number of nitrogens with zero attached hydrogens (tertiary/aromatic N) is 6. The molecule has 0 saturated carbocycles. The number of nitrogen functional groups attached to an aromatic ring is 2. The molecule has 6 rings (SSSR count). The first-order valence-corrected chi connectivity index (χ1v) is 15.6. The molecule has 6 atom stereocenters. The van der Waals surface area contributed by atoms with Gasteiger partial charge in [0.1, 0.15) is 18.8 Å². The van der Waals surface area contributed by atoms with E-state index in [1.807, 2.05) is 0 Å². The van der Waals surface area contributed by atoms with Crippen molar-refractivity contribution in [3.8, 4) is 0 Å². The zero-order chi connectivity index (χ0) is 34.0. The minimum absolute atomic E-state index is 0.00244. The quantitative estimate of drug-likeness (QED) is 0.168. The Labute approximate surface area is 272 Å². The molecule has 19 nitrogen and oxygen atoms in total. The monoisotopic (exact) mass is 694 g/mol. The van der Waals surface area contributed by atoms with E-state index >= 15 is 0 Å². The minimum Gasteiger partial charge on any atom is -0.463 e. The molecule has 5 N–H and O–H groups in total. The Morgan fingerprint density at radius 3 is 1.70 bits per heavy atom. The number of aromatic nitrogens is 6. The van der Waals surface area contributed by atoms with Gasteiger partial charge in [0.25, 0.3) is 0 Å². The summed E-state index contributed by atoms with van der Waals surface area (Å²) < 4.78 is 30.6. The van der Waals surface area contributed by atoms with Gasteiger partial charge in [0.05, 0.1) is 40.6 Å². The summed E-state index contributed by atoms with van der Waals surface area (Å²) >= 11 is 1.88. The highest BCUT2D eigenvalue weighted by Gasteiger charge is 2.42. The van der Waals surface area contributed by atoms with E-state index < -0.39 is 54.8 Å². The van der Waals surface area contributed by atoms with Crippen LogP contribution in [0.1, 0.15) is 46.1 Å². The van der Waals surface area contributed by atoms with Crippen LogP contribution in [0.4, 0.5) is 11.9 Å². The summed E-state index contributed by atoms with van der Waals surface area (Å²) in [6, 6.07) is 0. The Morgan fingerprint density at radius 2 is 1.28 bits per heavy atom. The third kappa shape index (κ3) is 7.54. The van der Waals surface area contributed by atoms with E-state index in [0.29, 0.717) is 27.1 Å². The number of hydrogen-bond acceptors (Lipinski definition) is 19. The zero-order valence-electron chi connectivity index (χ0n) is 25.1. The van der Waals surface area contributed by atoms with Crippen LogP contribution in [0.25, 0.3) is 20.7 Å². The van der Waals surface area contributed by atoms with Crippen molar-refractivity contribution in [2.24, 2.45) is 0 Å². The van der Waals surface area contributed by atoms with Crippen LogP contribution >= 0.6 is 22.7 Å². The first-order chi connectivity index (χ1) is 22.3. The fraction of sp³-hybridized carbons (Fsp3) is 0.500. The fourth-order valence-electron chi connectivity index (χ4n) is 5.11. The number of hydrogen-bond donors (Lipinski definition) is 3. The van der Waals surface area contributed by atoms with Crippen molar-refractivity contribution in [1.82, 2.24) is 29.1 Å². The molecule has 4 aromatic heterocycles. The predicted octanol–water partition coefficient (Wildman–Crippen LogP) is -0.136. The normalized spacial score (nSPS) is 23.7. The average Bonchev–Trinajstić information content (AvgIpc) is 3.73. The predicted molar refractivity (Wildman–Crippen MR) is 164 cm³/mol. The van der Waals surface area contributed by atoms with Crippen LogP contribution in [0.15, 0.2) is 22.0 Å². The maximum absolute atomic E-state index is 12.4. The molecule has 2 saturated heterocycles. The maximum Gasteiger partial charge on any atom is 0.311 e. The molecule has 47 heavy (non-hydrogen) atoms. The molecule has 252 valence electrons. The van der Waals surface area contributed by atoms with Gasteiger partial charge in [-0.05, 0) is 0 Å². The number of esters is 3. The SMILES string of the molecule is CC(=O)OC[C@@H]1C[C@@H](OC(C)=O)[C@H](n2c(=O)sc3cnc(N)nc32)O1.CC(=O)O[C@@H]1C[C@@H](CO)O[C@H]1n1c(=O)sc2cnc(N)nc21. The summed E-state index contributed by atoms with van der Waals surface area (Å²) in [5.74, 6) is -1.40. The summed E-state index contributed by atoms with van der Waals surface area (Å²) in [6.07, 6.45) is -0.684. The molecule has 2 aliphatic heterocycles. The third-order valence-electron chi connectivity index (χ3n) is 6.86. The van der Waals surface area contributed by atoms with Gasteiger partial charge in [0.15, 0.2) is 23.8 Å². The molecule has 0 spiro atoms. The van der Waals surface area contributed by atoms with Crippen molar-refractivity contribution < 1.29 is 43.2 Å². The lowest BCUT2D eigenvalue weighted by molar-refractivity contribution is -0.153. The second-order valence-corrected chi connectivity index (χ2v) is 12.3. The summed E-state index contributed by atoms with van der Waals surface area (Å²) in [5, 5.41) is 9.26. The molecule has 0 unspecified atom stereocenters. The van der Waals surface area contributed by atoms with Crippen LogP contribution in [-0.2, 0) is 38.1 Å². The molecule has 6 heterocycles. The Morgan fingerprint density at radius 1 is 0.830 bits per heavy atom. The van der Waals surface area contributed by atoms with E-state index in [-0.39, 0.29) is 41.3 Å². The molecule has 21 heteroatoms. The highest BCUT2D eigenvalue weighted by molar-refractivity contribution is 7.16. The summed E-state index contributed by atoms with van der Waals surface area (Å²) in [6.45, 7) is 3.59. The van der Waals surface area contributed by atoms with Gasteiger partial charge in [-0.15, -0.1) is 0 Å². The Bertz CT molecular complexity index is 1920. The van der Waals surface area contributed by atoms with E-state index in [9.17, 15) is 29.1 Å². The first-order valence-electron chi connectivity index (χ1n) is 14.0. The number of thiazole rings is 2. The standard InChI is InChI=1S/C14H16N4O6S.C12H14N4O5S/c1-6(19)22-5-8-3-9(23-7(2)20)12(24-8)18-11-10(25-14(18)21)4-16-13(15)17-11;1-5(18)20-7-2-6(4-17)21-10(7)16-9-8(22-12(16)19)3-14-11(13)15-9/h4,8-9,12H,3,5H2,1-2H3,(H2,15,16,17);3,6-7,10,17H,2,4H2,1H3,(H2,13,14,15)/t8-,9+,12+;6-,7+,10+/m00/s1. The van der Waals surface area contributed by atoms with E-state index in [1.54, 1.807) is 0 Å². The van der Waals surface area contributed by atoms with Crippen LogP contribution in [0, 0.1) is 0 Å². The second kappa shape index (κ2) is 14.0. The number of carbonyl (C=O) groups excluding carboxylic acids is 3. The van der Waals surface area contributed by atoms with Crippen molar-refractivity contribution in [3.63, 3.8) is 0 Å². The fourth-order valence-corrected chi connectivity index (χ4v) is 6.74. The molecular weight excluding hydrogens is 664 g/mol. The van der Waals surface area contributed by atoms with Gasteiger partial charge in [-0.3, -0.25) is 33.1 Å². The molecule has 0 radical (unpaired) electrons. The number of fused-ring (bicyclic) bond motifs is 2. The molecule has 0 aliphatic carbocycles. The molecule has 0 aromatic carbocycles. The topological polar surface area (TPSA) is 265 Å². The highest BCUT2D eigenvalue weighted by Crippen LogP contribution is 2.34. The van der Waals surface area contributed by atoms with Crippen LogP contribution in [0.3, 0.4) is 0 Å². The van der Waals surface area contributed by atoms with E-state index in [0.717, 1.165) is 22.7 Å². The maximum atomic E-state index is 12.4. The van der Waals surface area contributed by atoms with Crippen molar-refractivity contribution >= 4 is 73.2 Å². The van der Waals surface area contributed by atoms with Crippen molar-refractivity contribution in [1.29, 1.82) is 0 Å². The lowest BCUT2D eigenvalue weighted by Crippen LogP contribution is -2.30. The second-order valence-electron chi connectivity index (χ2n) is 10.4. The molecule has 4 aromatic rings. The van der Waals surface area contributed by atoms with Gasteiger partial charge in [-0.1, -0.05) is 22.7 Å². The molecule has 2 aliphatic rings. The molecular formula is C26H30N8O11S2. The minimum atomic E-state index is -0.889. The van der Waals surface area contributed by atoms with E-state index in [1.165, 1.54) is 42.3 Å². The molecule has 2 fully saturated rings. The van der Waals surface area contributed by atoms with Gasteiger partial charge >= 0.3 is 27.7 Å². The van der Waals surface area contributed by atoms with Crippen LogP contribution in [0.5, 0.6) is 0 Å². The Kier molecular flexibility index (Phi) is 10.1. The van der Waals surface area contributed by atoms with Gasteiger partial charge in [-0.2, -0.15) is 9.97 Å². The van der Waals surface area contributed by atoms with Crippen LogP contribution in [-0.4, -0.2) is 89.7 Å². The van der Waals surface area contributed by atoms with Crippen LogP contribution in [0.2, 0.25) is 0 Å². The number of aliphatic hydroxyl groups is 1. The number of nitrogens with two attached hydrogens (primary N) is 2.